The van der Waals surface area contributed by atoms with Gasteiger partial charge in [0.2, 0.25) is 5.90 Å². The molecule has 1 aromatic rings. The van der Waals surface area contributed by atoms with Crippen molar-refractivity contribution in [1.29, 1.82) is 5.41 Å². The van der Waals surface area contributed by atoms with E-state index in [1.54, 1.807) is 6.07 Å². The van der Waals surface area contributed by atoms with Gasteiger partial charge in [0.05, 0.1) is 18.9 Å². The second kappa shape index (κ2) is 2.35. The van der Waals surface area contributed by atoms with Gasteiger partial charge in [-0.05, 0) is 6.07 Å². The molecule has 1 N–H and O–H groups in total. The van der Waals surface area contributed by atoms with Crippen LogP contribution in [0.15, 0.2) is 23.0 Å². The Labute approximate surface area is 52.8 Å². The minimum absolute atomic E-state index is 0.128. The topological polar surface area (TPSA) is 46.2 Å². The standard InChI is InChI=1S/C6H7NO2/c1-8-6(7)5-2-3-9-4-5/h2-4,7H,1H3. The van der Waals surface area contributed by atoms with E-state index in [1.807, 2.05) is 0 Å². The maximum atomic E-state index is 7.11. The molecule has 9 heavy (non-hydrogen) atoms. The number of hydrogen-bond donors (Lipinski definition) is 1. The molecule has 1 heterocycles. The predicted molar refractivity (Wildman–Crippen MR) is 32.5 cm³/mol. The first-order chi connectivity index (χ1) is 4.34. The SMILES string of the molecule is COC(=N)c1ccoc1. The van der Waals surface area contributed by atoms with Crippen LogP contribution in [0.5, 0.6) is 0 Å². The summed E-state index contributed by atoms with van der Waals surface area (Å²) in [6.45, 7) is 0. The number of rotatable bonds is 1. The Hall–Kier alpha value is -1.25. The van der Waals surface area contributed by atoms with Crippen molar-refractivity contribution in [2.75, 3.05) is 7.11 Å². The fourth-order valence-corrected chi connectivity index (χ4v) is 0.512. The van der Waals surface area contributed by atoms with Crippen molar-refractivity contribution >= 4 is 5.90 Å². The molecule has 0 aliphatic carbocycles. The quantitative estimate of drug-likeness (QED) is 0.453. The molecule has 0 fully saturated rings. The van der Waals surface area contributed by atoms with Gasteiger partial charge in [-0.2, -0.15) is 0 Å². The molecule has 0 saturated carbocycles. The molecule has 0 aromatic carbocycles. The van der Waals surface area contributed by atoms with E-state index >= 15 is 0 Å². The number of furan rings is 1. The summed E-state index contributed by atoms with van der Waals surface area (Å²) < 4.78 is 9.33. The highest BCUT2D eigenvalue weighted by atomic mass is 16.5. The van der Waals surface area contributed by atoms with Gasteiger partial charge < -0.3 is 9.15 Å². The van der Waals surface area contributed by atoms with Crippen molar-refractivity contribution in [3.63, 3.8) is 0 Å². The smallest absolute Gasteiger partial charge is 0.216 e. The van der Waals surface area contributed by atoms with Gasteiger partial charge in [-0.1, -0.05) is 0 Å². The molecule has 0 spiro atoms. The van der Waals surface area contributed by atoms with E-state index in [0.717, 1.165) is 0 Å². The van der Waals surface area contributed by atoms with Gasteiger partial charge >= 0.3 is 0 Å². The van der Waals surface area contributed by atoms with Gasteiger partial charge in [0.1, 0.15) is 6.26 Å². The fraction of sp³-hybridized carbons (Fsp3) is 0.167. The Bertz CT molecular complexity index is 191. The van der Waals surface area contributed by atoms with Crippen LogP contribution >= 0.6 is 0 Å². The van der Waals surface area contributed by atoms with Crippen molar-refractivity contribution in [2.24, 2.45) is 0 Å². The summed E-state index contributed by atoms with van der Waals surface area (Å²) in [5.41, 5.74) is 0.664. The van der Waals surface area contributed by atoms with Crippen LogP contribution < -0.4 is 0 Å². The minimum Gasteiger partial charge on any atom is -0.481 e. The molecule has 1 aromatic heterocycles. The summed E-state index contributed by atoms with van der Waals surface area (Å²) in [5.74, 6) is 0.128. The summed E-state index contributed by atoms with van der Waals surface area (Å²) >= 11 is 0. The van der Waals surface area contributed by atoms with E-state index < -0.39 is 0 Å². The molecular weight excluding hydrogens is 118 g/mol. The molecule has 0 saturated heterocycles. The monoisotopic (exact) mass is 125 g/mol. The Kier molecular flexibility index (Phi) is 1.53. The van der Waals surface area contributed by atoms with Gasteiger partial charge in [0.15, 0.2) is 0 Å². The first kappa shape index (κ1) is 5.88. The maximum absolute atomic E-state index is 7.11. The third-order valence-electron chi connectivity index (χ3n) is 0.987. The van der Waals surface area contributed by atoms with Crippen molar-refractivity contribution in [3.8, 4) is 0 Å². The lowest BCUT2D eigenvalue weighted by atomic mass is 10.3. The van der Waals surface area contributed by atoms with E-state index in [4.69, 9.17) is 9.83 Å². The lowest BCUT2D eigenvalue weighted by Crippen LogP contribution is -1.97. The summed E-state index contributed by atoms with van der Waals surface area (Å²) in [7, 11) is 1.45. The zero-order valence-corrected chi connectivity index (χ0v) is 5.05. The molecule has 0 atom stereocenters. The van der Waals surface area contributed by atoms with Crippen molar-refractivity contribution in [3.05, 3.63) is 24.2 Å². The molecule has 0 bridgehead atoms. The van der Waals surface area contributed by atoms with Crippen LogP contribution in [0.2, 0.25) is 0 Å². The Balaban J connectivity index is 2.77. The third kappa shape index (κ3) is 1.10. The second-order valence-corrected chi connectivity index (χ2v) is 1.55. The van der Waals surface area contributed by atoms with Crippen molar-refractivity contribution in [1.82, 2.24) is 0 Å². The van der Waals surface area contributed by atoms with E-state index in [0.29, 0.717) is 5.56 Å². The van der Waals surface area contributed by atoms with Crippen LogP contribution in [0.25, 0.3) is 0 Å². The molecule has 3 nitrogen and oxygen atoms in total. The first-order valence-corrected chi connectivity index (χ1v) is 2.49. The molecule has 0 radical (unpaired) electrons. The van der Waals surface area contributed by atoms with Crippen LogP contribution in [0.1, 0.15) is 5.56 Å². The lowest BCUT2D eigenvalue weighted by molar-refractivity contribution is 0.400. The molecule has 3 heteroatoms. The molecule has 1 rings (SSSR count). The Morgan fingerprint density at radius 2 is 2.56 bits per heavy atom. The highest BCUT2D eigenvalue weighted by molar-refractivity contribution is 5.90. The number of nitrogens with one attached hydrogen (secondary N) is 1. The normalized spacial score (nSPS) is 9.00. The summed E-state index contributed by atoms with van der Waals surface area (Å²) in [4.78, 5) is 0. The highest BCUT2D eigenvalue weighted by Gasteiger charge is 1.98. The average Bonchev–Trinajstić information content (AvgIpc) is 2.37. The summed E-state index contributed by atoms with van der Waals surface area (Å²) in [6.07, 6.45) is 2.97. The van der Waals surface area contributed by atoms with Gasteiger partial charge in [0, 0.05) is 0 Å². The zero-order valence-electron chi connectivity index (χ0n) is 5.05. The summed E-state index contributed by atoms with van der Waals surface area (Å²) in [5, 5.41) is 7.11. The lowest BCUT2D eigenvalue weighted by Gasteiger charge is -1.94. The van der Waals surface area contributed by atoms with Crippen LogP contribution in [-0.2, 0) is 4.74 Å². The van der Waals surface area contributed by atoms with E-state index in [2.05, 4.69) is 4.74 Å². The largest absolute Gasteiger partial charge is 0.481 e. The van der Waals surface area contributed by atoms with Crippen LogP contribution in [-0.4, -0.2) is 13.0 Å². The zero-order chi connectivity index (χ0) is 6.69. The molecule has 0 unspecified atom stereocenters. The predicted octanol–water partition coefficient (Wildman–Crippen LogP) is 1.25. The summed E-state index contributed by atoms with van der Waals surface area (Å²) in [6, 6.07) is 1.67. The number of methoxy groups -OCH3 is 1. The van der Waals surface area contributed by atoms with Gasteiger partial charge in [-0.3, -0.25) is 5.41 Å². The van der Waals surface area contributed by atoms with Gasteiger partial charge in [0.25, 0.3) is 0 Å². The second-order valence-electron chi connectivity index (χ2n) is 1.55. The maximum Gasteiger partial charge on any atom is 0.216 e. The van der Waals surface area contributed by atoms with E-state index in [1.165, 1.54) is 19.6 Å². The number of ether oxygens (including phenoxy) is 1. The number of hydrogen-bond acceptors (Lipinski definition) is 3. The van der Waals surface area contributed by atoms with Crippen LogP contribution in [0.4, 0.5) is 0 Å². The van der Waals surface area contributed by atoms with Gasteiger partial charge in [-0.25, -0.2) is 0 Å². The molecule has 0 aliphatic heterocycles. The Morgan fingerprint density at radius 1 is 1.78 bits per heavy atom. The molecule has 0 amide bonds. The Morgan fingerprint density at radius 3 is 3.00 bits per heavy atom. The molecule has 48 valence electrons. The first-order valence-electron chi connectivity index (χ1n) is 2.49. The van der Waals surface area contributed by atoms with Crippen LogP contribution in [0.3, 0.4) is 0 Å². The minimum atomic E-state index is 0.128. The molecule has 0 aliphatic rings. The average molecular weight is 125 g/mol. The van der Waals surface area contributed by atoms with Crippen LogP contribution in [0, 0.1) is 5.41 Å². The molecular formula is C6H7NO2. The van der Waals surface area contributed by atoms with Gasteiger partial charge in [-0.15, -0.1) is 0 Å². The van der Waals surface area contributed by atoms with Crippen molar-refractivity contribution < 1.29 is 9.15 Å². The van der Waals surface area contributed by atoms with E-state index in [-0.39, 0.29) is 5.90 Å². The highest BCUT2D eigenvalue weighted by Crippen LogP contribution is 2.00. The third-order valence-corrected chi connectivity index (χ3v) is 0.987. The fourth-order valence-electron chi connectivity index (χ4n) is 0.512. The van der Waals surface area contributed by atoms with E-state index in [9.17, 15) is 0 Å². The van der Waals surface area contributed by atoms with Crippen molar-refractivity contribution in [2.45, 2.75) is 0 Å².